The molecule has 1 rings (SSSR count). The van der Waals surface area contributed by atoms with Crippen molar-refractivity contribution in [3.05, 3.63) is 35.9 Å². The second kappa shape index (κ2) is 6.84. The number of carbonyl (C=O) groups is 3. The molecule has 0 spiro atoms. The fourth-order valence-corrected chi connectivity index (χ4v) is 2.12. The molecule has 0 aliphatic heterocycles. The van der Waals surface area contributed by atoms with Crippen LogP contribution in [0.3, 0.4) is 0 Å². The van der Waals surface area contributed by atoms with Crippen molar-refractivity contribution < 1.29 is 14.4 Å². The molecule has 5 heteroatoms. The lowest BCUT2D eigenvalue weighted by Crippen LogP contribution is -2.51. The summed E-state index contributed by atoms with van der Waals surface area (Å²) in [6, 6.07) is 7.88. The van der Waals surface area contributed by atoms with E-state index in [9.17, 15) is 14.4 Å². The minimum absolute atomic E-state index is 0.148. The normalized spacial score (nSPS) is 12.0. The second-order valence-corrected chi connectivity index (χ2v) is 5.03. The second-order valence-electron chi connectivity index (χ2n) is 5.03. The molecule has 0 fully saturated rings. The van der Waals surface area contributed by atoms with Crippen LogP contribution in [0.4, 0.5) is 0 Å². The highest BCUT2D eigenvalue weighted by Crippen LogP contribution is 2.12. The molecule has 0 bridgehead atoms. The average Bonchev–Trinajstić information content (AvgIpc) is 2.37. The van der Waals surface area contributed by atoms with Gasteiger partial charge < -0.3 is 10.6 Å². The van der Waals surface area contributed by atoms with Crippen molar-refractivity contribution in [2.24, 2.45) is 11.7 Å². The minimum Gasteiger partial charge on any atom is -0.368 e. The molecule has 2 amide bonds. The van der Waals surface area contributed by atoms with Crippen molar-refractivity contribution in [3.8, 4) is 0 Å². The van der Waals surface area contributed by atoms with Crippen LogP contribution in [0.1, 0.15) is 31.1 Å². The molecule has 0 saturated carbocycles. The quantitative estimate of drug-likeness (QED) is 0.793. The SMILES string of the molecule is CC(=O)N(CC(=O)c1ccccc1)[C@@H](C(N)=O)C(C)C. The van der Waals surface area contributed by atoms with Crippen LogP contribution in [0.15, 0.2) is 30.3 Å². The van der Waals surface area contributed by atoms with Gasteiger partial charge in [-0.1, -0.05) is 44.2 Å². The Hall–Kier alpha value is -2.17. The molecule has 5 nitrogen and oxygen atoms in total. The van der Waals surface area contributed by atoms with Crippen LogP contribution in [-0.2, 0) is 9.59 Å². The maximum atomic E-state index is 12.2. The van der Waals surface area contributed by atoms with E-state index in [1.165, 1.54) is 11.8 Å². The lowest BCUT2D eigenvalue weighted by atomic mass is 10.0. The number of hydrogen-bond donors (Lipinski definition) is 1. The summed E-state index contributed by atoms with van der Waals surface area (Å²) < 4.78 is 0. The van der Waals surface area contributed by atoms with E-state index in [1.54, 1.807) is 44.2 Å². The summed E-state index contributed by atoms with van der Waals surface area (Å²) in [7, 11) is 0. The van der Waals surface area contributed by atoms with Crippen molar-refractivity contribution in [1.29, 1.82) is 0 Å². The molecule has 108 valence electrons. The van der Waals surface area contributed by atoms with Crippen LogP contribution in [-0.4, -0.2) is 35.1 Å². The summed E-state index contributed by atoms with van der Waals surface area (Å²) >= 11 is 0. The molecule has 0 aliphatic carbocycles. The largest absolute Gasteiger partial charge is 0.368 e. The molecule has 2 N–H and O–H groups in total. The van der Waals surface area contributed by atoms with Gasteiger partial charge in [0.15, 0.2) is 5.78 Å². The molecule has 1 aromatic rings. The number of Topliss-reactive ketones (excluding diaryl/α,β-unsaturated/α-hetero) is 1. The first kappa shape index (κ1) is 15.9. The summed E-state index contributed by atoms with van der Waals surface area (Å²) in [5.74, 6) is -1.31. The van der Waals surface area contributed by atoms with Crippen molar-refractivity contribution in [1.82, 2.24) is 4.90 Å². The summed E-state index contributed by atoms with van der Waals surface area (Å²) in [6.45, 7) is 4.76. The smallest absolute Gasteiger partial charge is 0.240 e. The number of amides is 2. The number of primary amides is 1. The zero-order valence-electron chi connectivity index (χ0n) is 12.0. The van der Waals surface area contributed by atoms with Gasteiger partial charge >= 0.3 is 0 Å². The molecular weight excluding hydrogens is 256 g/mol. The van der Waals surface area contributed by atoms with Crippen LogP contribution in [0, 0.1) is 5.92 Å². The summed E-state index contributed by atoms with van der Waals surface area (Å²) in [5.41, 5.74) is 5.85. The Morgan fingerprint density at radius 3 is 2.10 bits per heavy atom. The predicted molar refractivity (Wildman–Crippen MR) is 76.0 cm³/mol. The maximum absolute atomic E-state index is 12.2. The van der Waals surface area contributed by atoms with Gasteiger partial charge in [-0.3, -0.25) is 14.4 Å². The molecule has 0 heterocycles. The van der Waals surface area contributed by atoms with Crippen molar-refractivity contribution >= 4 is 17.6 Å². The van der Waals surface area contributed by atoms with Gasteiger partial charge in [0.1, 0.15) is 6.04 Å². The summed E-state index contributed by atoms with van der Waals surface area (Å²) in [4.78, 5) is 36.7. The van der Waals surface area contributed by atoms with Crippen LogP contribution >= 0.6 is 0 Å². The minimum atomic E-state index is -0.778. The van der Waals surface area contributed by atoms with Gasteiger partial charge in [0.2, 0.25) is 11.8 Å². The average molecular weight is 276 g/mol. The lowest BCUT2D eigenvalue weighted by Gasteiger charge is -2.30. The van der Waals surface area contributed by atoms with Gasteiger partial charge in [0.05, 0.1) is 6.54 Å². The third kappa shape index (κ3) is 3.91. The standard InChI is InChI=1S/C15H20N2O3/c1-10(2)14(15(16)20)17(11(3)18)9-13(19)12-7-5-4-6-8-12/h4-8,10,14H,9H2,1-3H3,(H2,16,20)/t14-/m1/s1. The molecular formula is C15H20N2O3. The third-order valence-corrected chi connectivity index (χ3v) is 3.07. The number of hydrogen-bond acceptors (Lipinski definition) is 3. The van der Waals surface area contributed by atoms with Crippen LogP contribution in [0.25, 0.3) is 0 Å². The van der Waals surface area contributed by atoms with Crippen LogP contribution < -0.4 is 5.73 Å². The molecule has 20 heavy (non-hydrogen) atoms. The number of benzene rings is 1. The topological polar surface area (TPSA) is 80.5 Å². The van der Waals surface area contributed by atoms with Crippen molar-refractivity contribution in [2.45, 2.75) is 26.8 Å². The van der Waals surface area contributed by atoms with E-state index in [1.807, 2.05) is 0 Å². The Morgan fingerprint density at radius 1 is 1.15 bits per heavy atom. The summed E-state index contributed by atoms with van der Waals surface area (Å²) in [6.07, 6.45) is 0. The first-order valence-corrected chi connectivity index (χ1v) is 6.49. The van der Waals surface area contributed by atoms with E-state index in [-0.39, 0.29) is 24.2 Å². The number of rotatable bonds is 6. The van der Waals surface area contributed by atoms with Gasteiger partial charge in [0.25, 0.3) is 0 Å². The van der Waals surface area contributed by atoms with Crippen molar-refractivity contribution in [2.75, 3.05) is 6.54 Å². The summed E-state index contributed by atoms with van der Waals surface area (Å²) in [5, 5.41) is 0. The zero-order valence-corrected chi connectivity index (χ0v) is 12.0. The first-order chi connectivity index (χ1) is 9.34. The number of nitrogens with two attached hydrogens (primary N) is 1. The molecule has 0 aliphatic rings. The highest BCUT2D eigenvalue weighted by Gasteiger charge is 2.30. The highest BCUT2D eigenvalue weighted by molar-refractivity contribution is 6.00. The number of carbonyl (C=O) groups excluding carboxylic acids is 3. The molecule has 1 atom stereocenters. The Labute approximate surface area is 118 Å². The first-order valence-electron chi connectivity index (χ1n) is 6.49. The number of nitrogens with zero attached hydrogens (tertiary/aromatic N) is 1. The van der Waals surface area contributed by atoms with Gasteiger partial charge in [-0.05, 0) is 5.92 Å². The molecule has 0 aromatic heterocycles. The fraction of sp³-hybridized carbons (Fsp3) is 0.400. The van der Waals surface area contributed by atoms with Gasteiger partial charge in [-0.2, -0.15) is 0 Å². The van der Waals surface area contributed by atoms with Crippen LogP contribution in [0.5, 0.6) is 0 Å². The van der Waals surface area contributed by atoms with E-state index < -0.39 is 11.9 Å². The van der Waals surface area contributed by atoms with Gasteiger partial charge in [-0.15, -0.1) is 0 Å². The predicted octanol–water partition coefficient (Wildman–Crippen LogP) is 1.23. The Bertz CT molecular complexity index is 497. The van der Waals surface area contributed by atoms with E-state index >= 15 is 0 Å². The molecule has 0 unspecified atom stereocenters. The van der Waals surface area contributed by atoms with E-state index in [0.29, 0.717) is 5.56 Å². The third-order valence-electron chi connectivity index (χ3n) is 3.07. The maximum Gasteiger partial charge on any atom is 0.240 e. The fourth-order valence-electron chi connectivity index (χ4n) is 2.12. The monoisotopic (exact) mass is 276 g/mol. The van der Waals surface area contributed by atoms with Gasteiger partial charge in [-0.25, -0.2) is 0 Å². The van der Waals surface area contributed by atoms with Crippen molar-refractivity contribution in [3.63, 3.8) is 0 Å². The Morgan fingerprint density at radius 2 is 1.70 bits per heavy atom. The number of ketones is 1. The van der Waals surface area contributed by atoms with E-state index in [4.69, 9.17) is 5.73 Å². The Balaban J connectivity index is 2.96. The van der Waals surface area contributed by atoms with E-state index in [0.717, 1.165) is 0 Å². The van der Waals surface area contributed by atoms with E-state index in [2.05, 4.69) is 0 Å². The molecule has 1 aromatic carbocycles. The molecule has 0 radical (unpaired) electrons. The Kier molecular flexibility index (Phi) is 5.43. The van der Waals surface area contributed by atoms with Crippen LogP contribution in [0.2, 0.25) is 0 Å². The lowest BCUT2D eigenvalue weighted by molar-refractivity contribution is -0.138. The highest BCUT2D eigenvalue weighted by atomic mass is 16.2. The molecule has 0 saturated heterocycles. The van der Waals surface area contributed by atoms with Gasteiger partial charge in [0, 0.05) is 12.5 Å². The zero-order chi connectivity index (χ0) is 15.3.